The van der Waals surface area contributed by atoms with E-state index in [0.717, 1.165) is 10.9 Å². The molecular weight excluding hydrogens is 192 g/mol. The Hall–Kier alpha value is -2.28. The van der Waals surface area contributed by atoms with Gasteiger partial charge < -0.3 is 4.74 Å². The van der Waals surface area contributed by atoms with Crippen LogP contribution in [0.4, 0.5) is 0 Å². The van der Waals surface area contributed by atoms with Crippen LogP contribution in [0.3, 0.4) is 0 Å². The van der Waals surface area contributed by atoms with Crippen molar-refractivity contribution in [2.24, 2.45) is 0 Å². The highest BCUT2D eigenvalue weighted by atomic mass is 16.5. The van der Waals surface area contributed by atoms with Crippen molar-refractivity contribution in [1.29, 1.82) is 0 Å². The average Bonchev–Trinajstić information content (AvgIpc) is 2.69. The first kappa shape index (κ1) is 9.28. The molecule has 0 atom stereocenters. The largest absolute Gasteiger partial charge is 0.459 e. The van der Waals surface area contributed by atoms with Crippen LogP contribution < -0.4 is 0 Å². The second-order valence-corrected chi connectivity index (χ2v) is 2.86. The van der Waals surface area contributed by atoms with E-state index in [-0.39, 0.29) is 0 Å². The molecule has 4 heteroatoms. The minimum Gasteiger partial charge on any atom is -0.459 e. The number of hydrogen-bond acceptors (Lipinski definition) is 3. The number of aromatic nitrogens is 2. The van der Waals surface area contributed by atoms with Crippen LogP contribution in [0.5, 0.6) is 0 Å². The van der Waals surface area contributed by atoms with Crippen molar-refractivity contribution < 1.29 is 9.53 Å². The topological polar surface area (TPSA) is 55.0 Å². The van der Waals surface area contributed by atoms with E-state index in [2.05, 4.69) is 26.8 Å². The van der Waals surface area contributed by atoms with E-state index >= 15 is 0 Å². The van der Waals surface area contributed by atoms with Crippen molar-refractivity contribution in [3.05, 3.63) is 30.0 Å². The van der Waals surface area contributed by atoms with E-state index < -0.39 is 5.97 Å². The second-order valence-electron chi connectivity index (χ2n) is 2.86. The predicted molar refractivity (Wildman–Crippen MR) is 55.0 cm³/mol. The number of rotatable bonds is 0. The molecule has 0 aliphatic rings. The van der Waals surface area contributed by atoms with E-state index in [9.17, 15) is 4.79 Å². The minimum atomic E-state index is -0.561. The second kappa shape index (κ2) is 3.84. The highest BCUT2D eigenvalue weighted by Gasteiger charge is 2.00. The molecule has 0 saturated carbocycles. The molecule has 0 unspecified atom stereocenters. The molecule has 0 bridgehead atoms. The molecule has 2 aromatic rings. The maximum atomic E-state index is 10.8. The minimum absolute atomic E-state index is 0.561. The van der Waals surface area contributed by atoms with Crippen LogP contribution in [0.2, 0.25) is 0 Å². The molecule has 2 rings (SSSR count). The van der Waals surface area contributed by atoms with Crippen LogP contribution in [0.1, 0.15) is 5.69 Å². The zero-order valence-corrected chi connectivity index (χ0v) is 8.07. The lowest BCUT2D eigenvalue weighted by Gasteiger charge is -1.86. The molecule has 1 aromatic carbocycles. The van der Waals surface area contributed by atoms with Crippen LogP contribution in [-0.2, 0) is 9.53 Å². The number of H-pyrrole nitrogens is 1. The van der Waals surface area contributed by atoms with Gasteiger partial charge in [-0.15, -0.1) is 0 Å². The summed E-state index contributed by atoms with van der Waals surface area (Å²) in [6, 6.07) is 7.54. The van der Waals surface area contributed by atoms with Crippen LogP contribution in [0, 0.1) is 11.8 Å². The summed E-state index contributed by atoms with van der Waals surface area (Å²) < 4.78 is 4.41. The van der Waals surface area contributed by atoms with Gasteiger partial charge in [0.05, 0.1) is 12.6 Å². The maximum absolute atomic E-state index is 10.8. The summed E-state index contributed by atoms with van der Waals surface area (Å²) in [7, 11) is 1.29. The quantitative estimate of drug-likeness (QED) is 0.511. The Balaban J connectivity index is 2.43. The van der Waals surface area contributed by atoms with Gasteiger partial charge in [-0.1, -0.05) is 12.1 Å². The fourth-order valence-electron chi connectivity index (χ4n) is 1.22. The Morgan fingerprint density at radius 3 is 3.07 bits per heavy atom. The molecule has 1 heterocycles. The van der Waals surface area contributed by atoms with Crippen molar-refractivity contribution in [3.8, 4) is 11.8 Å². The molecular formula is C11H8N2O2. The SMILES string of the molecule is COC(=O)C#Cc1[nH]nc2ccccc12. The summed E-state index contributed by atoms with van der Waals surface area (Å²) in [5.74, 6) is 4.46. The molecule has 1 aromatic heterocycles. The van der Waals surface area contributed by atoms with Gasteiger partial charge in [-0.2, -0.15) is 5.10 Å². The van der Waals surface area contributed by atoms with Gasteiger partial charge in [-0.25, -0.2) is 4.79 Å². The standard InChI is InChI=1S/C11H8N2O2/c1-15-11(14)7-6-10-8-4-2-3-5-9(8)12-13-10/h2-5H,1H3,(H,12,13). The zero-order chi connectivity index (χ0) is 10.7. The van der Waals surface area contributed by atoms with Gasteiger partial charge in [-0.05, 0) is 18.1 Å². The molecule has 0 radical (unpaired) electrons. The van der Waals surface area contributed by atoms with E-state index in [0.29, 0.717) is 5.69 Å². The Morgan fingerprint density at radius 2 is 2.27 bits per heavy atom. The fourth-order valence-corrected chi connectivity index (χ4v) is 1.22. The molecule has 0 aliphatic carbocycles. The smallest absolute Gasteiger partial charge is 0.384 e. The number of nitrogens with zero attached hydrogens (tertiary/aromatic N) is 1. The third-order valence-corrected chi connectivity index (χ3v) is 1.94. The molecule has 4 nitrogen and oxygen atoms in total. The van der Waals surface area contributed by atoms with Gasteiger partial charge in [0, 0.05) is 11.3 Å². The zero-order valence-electron chi connectivity index (χ0n) is 8.07. The number of nitrogens with one attached hydrogen (secondary N) is 1. The summed E-state index contributed by atoms with van der Waals surface area (Å²) in [5, 5.41) is 7.70. The van der Waals surface area contributed by atoms with E-state index in [1.54, 1.807) is 0 Å². The summed E-state index contributed by atoms with van der Waals surface area (Å²) in [6.45, 7) is 0. The van der Waals surface area contributed by atoms with Gasteiger partial charge in [0.15, 0.2) is 0 Å². The summed E-state index contributed by atoms with van der Waals surface area (Å²) in [6.07, 6.45) is 0. The number of aromatic amines is 1. The van der Waals surface area contributed by atoms with Crippen molar-refractivity contribution in [1.82, 2.24) is 10.2 Å². The van der Waals surface area contributed by atoms with Crippen LogP contribution in [0.15, 0.2) is 24.3 Å². The molecule has 74 valence electrons. The number of esters is 1. The molecule has 0 fully saturated rings. The lowest BCUT2D eigenvalue weighted by Crippen LogP contribution is -1.94. The van der Waals surface area contributed by atoms with Crippen LogP contribution >= 0.6 is 0 Å². The Kier molecular flexibility index (Phi) is 2.38. The Morgan fingerprint density at radius 1 is 1.47 bits per heavy atom. The lowest BCUT2D eigenvalue weighted by atomic mass is 10.2. The number of methoxy groups -OCH3 is 1. The summed E-state index contributed by atoms with van der Waals surface area (Å²) in [4.78, 5) is 10.8. The highest BCUT2D eigenvalue weighted by Crippen LogP contribution is 2.13. The number of fused-ring (bicyclic) bond motifs is 1. The molecule has 0 spiro atoms. The van der Waals surface area contributed by atoms with Crippen molar-refractivity contribution >= 4 is 16.9 Å². The first-order valence-electron chi connectivity index (χ1n) is 4.34. The summed E-state index contributed by atoms with van der Waals surface area (Å²) >= 11 is 0. The third kappa shape index (κ3) is 1.81. The number of ether oxygens (including phenoxy) is 1. The van der Waals surface area contributed by atoms with E-state index in [4.69, 9.17) is 0 Å². The Labute approximate surface area is 86.2 Å². The number of benzene rings is 1. The first-order valence-corrected chi connectivity index (χ1v) is 4.34. The van der Waals surface area contributed by atoms with E-state index in [1.807, 2.05) is 24.3 Å². The third-order valence-electron chi connectivity index (χ3n) is 1.94. The van der Waals surface area contributed by atoms with Gasteiger partial charge in [0.2, 0.25) is 0 Å². The molecule has 0 amide bonds. The van der Waals surface area contributed by atoms with Crippen molar-refractivity contribution in [3.63, 3.8) is 0 Å². The molecule has 0 saturated heterocycles. The number of hydrogen-bond donors (Lipinski definition) is 1. The fraction of sp³-hybridized carbons (Fsp3) is 0.0909. The normalized spacial score (nSPS) is 9.40. The van der Waals surface area contributed by atoms with Crippen molar-refractivity contribution in [2.75, 3.05) is 7.11 Å². The van der Waals surface area contributed by atoms with E-state index in [1.165, 1.54) is 7.11 Å². The predicted octanol–water partition coefficient (Wildman–Crippen LogP) is 1.09. The van der Waals surface area contributed by atoms with Gasteiger partial charge in [0.25, 0.3) is 0 Å². The molecule has 15 heavy (non-hydrogen) atoms. The maximum Gasteiger partial charge on any atom is 0.384 e. The van der Waals surface area contributed by atoms with Gasteiger partial charge in [0.1, 0.15) is 5.69 Å². The number of carbonyl (C=O) groups excluding carboxylic acids is 1. The number of para-hydroxylation sites is 1. The van der Waals surface area contributed by atoms with Gasteiger partial charge >= 0.3 is 5.97 Å². The first-order chi connectivity index (χ1) is 7.31. The number of carbonyl (C=O) groups is 1. The van der Waals surface area contributed by atoms with Crippen molar-refractivity contribution in [2.45, 2.75) is 0 Å². The highest BCUT2D eigenvalue weighted by molar-refractivity contribution is 5.91. The van der Waals surface area contributed by atoms with Gasteiger partial charge in [-0.3, -0.25) is 5.10 Å². The monoisotopic (exact) mass is 200 g/mol. The van der Waals surface area contributed by atoms with Crippen LogP contribution in [-0.4, -0.2) is 23.3 Å². The molecule has 0 aliphatic heterocycles. The lowest BCUT2D eigenvalue weighted by molar-refractivity contribution is -0.133. The van der Waals surface area contributed by atoms with Crippen LogP contribution in [0.25, 0.3) is 10.9 Å². The summed E-state index contributed by atoms with van der Waals surface area (Å²) in [5.41, 5.74) is 1.45. The average molecular weight is 200 g/mol. The Bertz CT molecular complexity index is 560. The molecule has 1 N–H and O–H groups in total.